The fraction of sp³-hybridized carbons (Fsp3) is 0.786. The van der Waals surface area contributed by atoms with Crippen molar-refractivity contribution in [3.05, 3.63) is 12.2 Å². The zero-order chi connectivity index (χ0) is 12.9. The van der Waals surface area contributed by atoms with Gasteiger partial charge in [0.05, 0.1) is 0 Å². The van der Waals surface area contributed by atoms with Crippen LogP contribution in [0.5, 0.6) is 0 Å². The Hall–Kier alpha value is -0.830. The lowest BCUT2D eigenvalue weighted by Gasteiger charge is -2.04. The zero-order valence-corrected chi connectivity index (χ0v) is 11.0. The molecule has 17 heavy (non-hydrogen) atoms. The first-order chi connectivity index (χ1) is 8.18. The maximum Gasteiger partial charge on any atom is 0.330 e. The lowest BCUT2D eigenvalue weighted by Crippen LogP contribution is -2.02. The van der Waals surface area contributed by atoms with Crippen molar-refractivity contribution in [3.63, 3.8) is 0 Å². The molecule has 0 aliphatic carbocycles. The van der Waals surface area contributed by atoms with Crippen LogP contribution in [0.3, 0.4) is 0 Å². The molecule has 0 bridgehead atoms. The highest BCUT2D eigenvalue weighted by Gasteiger charge is 2.02. The Morgan fingerprint density at radius 1 is 1.06 bits per heavy atom. The van der Waals surface area contributed by atoms with Crippen molar-refractivity contribution in [2.45, 2.75) is 58.3 Å². The van der Waals surface area contributed by atoms with Gasteiger partial charge in [0.25, 0.3) is 0 Å². The first-order valence-corrected chi connectivity index (χ1v) is 6.67. The largest absolute Gasteiger partial charge is 0.478 e. The van der Waals surface area contributed by atoms with Crippen LogP contribution in [0.1, 0.15) is 58.3 Å². The van der Waals surface area contributed by atoms with Crippen molar-refractivity contribution in [2.75, 3.05) is 13.2 Å². The van der Waals surface area contributed by atoms with E-state index in [-0.39, 0.29) is 5.57 Å². The average Bonchev–Trinajstić information content (AvgIpc) is 2.31. The molecule has 0 aromatic rings. The molecule has 0 aromatic heterocycles. The van der Waals surface area contributed by atoms with Gasteiger partial charge in [-0.1, -0.05) is 45.6 Å². The molecule has 0 rings (SSSR count). The first kappa shape index (κ1) is 16.2. The monoisotopic (exact) mass is 242 g/mol. The second-order valence-electron chi connectivity index (χ2n) is 4.39. The summed E-state index contributed by atoms with van der Waals surface area (Å²) in [6, 6.07) is 0. The normalized spacial score (nSPS) is 10.4. The SMILES string of the molecule is C=C(CCCOCCCCCCCC)C(=O)O. The van der Waals surface area contributed by atoms with E-state index in [1.807, 2.05) is 0 Å². The van der Waals surface area contributed by atoms with Crippen LogP contribution in [0.2, 0.25) is 0 Å². The van der Waals surface area contributed by atoms with Crippen molar-refractivity contribution in [1.29, 1.82) is 0 Å². The molecule has 0 saturated heterocycles. The molecule has 0 saturated carbocycles. The van der Waals surface area contributed by atoms with Gasteiger partial charge in [0.15, 0.2) is 0 Å². The Morgan fingerprint density at radius 3 is 2.29 bits per heavy atom. The smallest absolute Gasteiger partial charge is 0.330 e. The second kappa shape index (κ2) is 11.6. The predicted octanol–water partition coefficient (Wildman–Crippen LogP) is 3.78. The van der Waals surface area contributed by atoms with Gasteiger partial charge in [0.2, 0.25) is 0 Å². The molecule has 1 N–H and O–H groups in total. The van der Waals surface area contributed by atoms with E-state index >= 15 is 0 Å². The fourth-order valence-electron chi connectivity index (χ4n) is 1.58. The van der Waals surface area contributed by atoms with Crippen LogP contribution in [0.15, 0.2) is 12.2 Å². The van der Waals surface area contributed by atoms with Crippen molar-refractivity contribution in [2.24, 2.45) is 0 Å². The molecule has 0 aliphatic heterocycles. The first-order valence-electron chi connectivity index (χ1n) is 6.67. The summed E-state index contributed by atoms with van der Waals surface area (Å²) in [4.78, 5) is 10.5. The van der Waals surface area contributed by atoms with E-state index in [9.17, 15) is 4.79 Å². The highest BCUT2D eigenvalue weighted by atomic mass is 16.5. The molecule has 0 amide bonds. The van der Waals surface area contributed by atoms with E-state index in [4.69, 9.17) is 9.84 Å². The van der Waals surface area contributed by atoms with E-state index in [0.717, 1.165) is 19.4 Å². The summed E-state index contributed by atoms with van der Waals surface area (Å²) in [7, 11) is 0. The molecular weight excluding hydrogens is 216 g/mol. The molecule has 100 valence electrons. The molecule has 0 radical (unpaired) electrons. The minimum atomic E-state index is -0.902. The zero-order valence-electron chi connectivity index (χ0n) is 11.0. The Kier molecular flexibility index (Phi) is 11.1. The van der Waals surface area contributed by atoms with E-state index < -0.39 is 5.97 Å². The third-order valence-electron chi connectivity index (χ3n) is 2.71. The molecule has 0 aromatic carbocycles. The number of hydrogen-bond acceptors (Lipinski definition) is 2. The van der Waals surface area contributed by atoms with Gasteiger partial charge in [-0.25, -0.2) is 4.79 Å². The van der Waals surface area contributed by atoms with Crippen LogP contribution >= 0.6 is 0 Å². The number of carboxylic acids is 1. The van der Waals surface area contributed by atoms with Gasteiger partial charge in [-0.3, -0.25) is 0 Å². The van der Waals surface area contributed by atoms with Crippen molar-refractivity contribution < 1.29 is 14.6 Å². The summed E-state index contributed by atoms with van der Waals surface area (Å²) >= 11 is 0. The number of carbonyl (C=O) groups is 1. The van der Waals surface area contributed by atoms with Crippen molar-refractivity contribution in [3.8, 4) is 0 Å². The van der Waals surface area contributed by atoms with Crippen LogP contribution in [0.25, 0.3) is 0 Å². The van der Waals surface area contributed by atoms with Crippen LogP contribution in [-0.2, 0) is 9.53 Å². The molecule has 0 unspecified atom stereocenters. The van der Waals surface area contributed by atoms with Gasteiger partial charge in [-0.2, -0.15) is 0 Å². The van der Waals surface area contributed by atoms with Crippen LogP contribution in [0, 0.1) is 0 Å². The Balaban J connectivity index is 3.08. The summed E-state index contributed by atoms with van der Waals surface area (Å²) in [5.74, 6) is -0.902. The number of rotatable bonds is 12. The number of aliphatic carboxylic acids is 1. The number of hydrogen-bond donors (Lipinski definition) is 1. The highest BCUT2D eigenvalue weighted by Crippen LogP contribution is 2.06. The van der Waals surface area contributed by atoms with Crippen LogP contribution in [-0.4, -0.2) is 24.3 Å². The summed E-state index contributed by atoms with van der Waals surface area (Å²) in [6.07, 6.45) is 8.86. The standard InChI is InChI=1S/C14H26O3/c1-3-4-5-6-7-8-11-17-12-9-10-13(2)14(15)16/h2-12H2,1H3,(H,15,16). The summed E-state index contributed by atoms with van der Waals surface area (Å²) in [6.45, 7) is 7.13. The van der Waals surface area contributed by atoms with Gasteiger partial charge in [0, 0.05) is 18.8 Å². The van der Waals surface area contributed by atoms with Crippen LogP contribution < -0.4 is 0 Å². The fourth-order valence-corrected chi connectivity index (χ4v) is 1.58. The molecule has 0 heterocycles. The van der Waals surface area contributed by atoms with Crippen LogP contribution in [0.4, 0.5) is 0 Å². The highest BCUT2D eigenvalue weighted by molar-refractivity contribution is 5.85. The topological polar surface area (TPSA) is 46.5 Å². The van der Waals surface area contributed by atoms with Gasteiger partial charge in [0.1, 0.15) is 0 Å². The molecule has 0 atom stereocenters. The quantitative estimate of drug-likeness (QED) is 0.418. The van der Waals surface area contributed by atoms with E-state index in [2.05, 4.69) is 13.5 Å². The second-order valence-corrected chi connectivity index (χ2v) is 4.39. The molecule has 0 aliphatic rings. The lowest BCUT2D eigenvalue weighted by atomic mass is 10.1. The van der Waals surface area contributed by atoms with E-state index in [0.29, 0.717) is 13.0 Å². The maximum absolute atomic E-state index is 10.5. The molecule has 0 fully saturated rings. The third-order valence-corrected chi connectivity index (χ3v) is 2.71. The number of unbranched alkanes of at least 4 members (excludes halogenated alkanes) is 5. The number of carboxylic acid groups (broad SMARTS) is 1. The summed E-state index contributed by atoms with van der Waals surface area (Å²) < 4.78 is 5.44. The number of ether oxygens (including phenoxy) is 1. The third kappa shape index (κ3) is 11.4. The van der Waals surface area contributed by atoms with E-state index in [1.165, 1.54) is 32.1 Å². The molecule has 0 spiro atoms. The van der Waals surface area contributed by atoms with Gasteiger partial charge >= 0.3 is 5.97 Å². The van der Waals surface area contributed by atoms with E-state index in [1.54, 1.807) is 0 Å². The summed E-state index contributed by atoms with van der Waals surface area (Å²) in [5, 5.41) is 8.59. The van der Waals surface area contributed by atoms with Crippen molar-refractivity contribution in [1.82, 2.24) is 0 Å². The van der Waals surface area contributed by atoms with Gasteiger partial charge < -0.3 is 9.84 Å². The molecule has 3 heteroatoms. The minimum Gasteiger partial charge on any atom is -0.478 e. The molecule has 3 nitrogen and oxygen atoms in total. The lowest BCUT2D eigenvalue weighted by molar-refractivity contribution is -0.132. The molecular formula is C14H26O3. The Bertz CT molecular complexity index is 212. The Labute approximate surface area is 105 Å². The van der Waals surface area contributed by atoms with Gasteiger partial charge in [-0.05, 0) is 19.3 Å². The van der Waals surface area contributed by atoms with Crippen molar-refractivity contribution >= 4 is 5.97 Å². The average molecular weight is 242 g/mol. The minimum absolute atomic E-state index is 0.271. The predicted molar refractivity (Wildman–Crippen MR) is 70.2 cm³/mol. The Morgan fingerprint density at radius 2 is 1.65 bits per heavy atom. The maximum atomic E-state index is 10.5. The van der Waals surface area contributed by atoms with Gasteiger partial charge in [-0.15, -0.1) is 0 Å². The summed E-state index contributed by atoms with van der Waals surface area (Å²) in [5.41, 5.74) is 0.271.